The van der Waals surface area contributed by atoms with Gasteiger partial charge in [0.1, 0.15) is 35.8 Å². The van der Waals surface area contributed by atoms with Gasteiger partial charge < -0.3 is 34.9 Å². The summed E-state index contributed by atoms with van der Waals surface area (Å²) in [6.07, 6.45) is -1.94. The van der Waals surface area contributed by atoms with Gasteiger partial charge in [0.2, 0.25) is 0 Å². The van der Waals surface area contributed by atoms with Crippen molar-refractivity contribution in [3.63, 3.8) is 0 Å². The molecule has 2 aliphatic heterocycles. The molecule has 0 amide bonds. The van der Waals surface area contributed by atoms with Crippen molar-refractivity contribution < 1.29 is 34.0 Å². The van der Waals surface area contributed by atoms with Crippen LogP contribution in [0.2, 0.25) is 0 Å². The number of nitrogen functional groups attached to an aromatic ring is 1. The van der Waals surface area contributed by atoms with Crippen molar-refractivity contribution >= 4 is 17.5 Å². The minimum atomic E-state index is -1.73. The van der Waals surface area contributed by atoms with Gasteiger partial charge in [0.25, 0.3) is 0 Å². The van der Waals surface area contributed by atoms with Crippen molar-refractivity contribution in [3.05, 3.63) is 24.2 Å². The topological polar surface area (TPSA) is 151 Å². The molecule has 11 nitrogen and oxygen atoms in total. The maximum Gasteiger partial charge on any atom is 0.509 e. The zero-order chi connectivity index (χ0) is 20.4. The third-order valence-electron chi connectivity index (χ3n) is 6.05. The lowest BCUT2D eigenvalue weighted by Crippen LogP contribution is -2.46. The summed E-state index contributed by atoms with van der Waals surface area (Å²) in [5, 5.41) is 26.0. The Morgan fingerprint density at radius 2 is 2.10 bits per heavy atom. The Bertz CT molecular complexity index is 961. The monoisotopic (exact) mass is 406 g/mol. The number of hydrogen-bond donors (Lipinski definition) is 3. The first-order chi connectivity index (χ1) is 13.9. The minimum absolute atomic E-state index is 0.280. The lowest BCUT2D eigenvalue weighted by molar-refractivity contribution is -0.134. The summed E-state index contributed by atoms with van der Waals surface area (Å²) in [4.78, 5) is 16.0. The molecule has 11 heteroatoms. The lowest BCUT2D eigenvalue weighted by atomic mass is 9.91. The molecule has 4 heterocycles. The third-order valence-corrected chi connectivity index (χ3v) is 6.05. The van der Waals surface area contributed by atoms with Gasteiger partial charge in [0, 0.05) is 12.8 Å². The molecule has 5 unspecified atom stereocenters. The molecular formula is C18H22N4O7. The van der Waals surface area contributed by atoms with E-state index < -0.39 is 35.7 Å². The SMILES string of the molecule is CC1(c2ccc3c(N)ncnn23)OC2C(OC(=O)OC3CCOCC3)C2(O)C1O. The van der Waals surface area contributed by atoms with Crippen molar-refractivity contribution in [2.24, 2.45) is 0 Å². The number of aliphatic hydroxyl groups is 2. The van der Waals surface area contributed by atoms with Gasteiger partial charge >= 0.3 is 6.16 Å². The molecule has 5 rings (SSSR count). The van der Waals surface area contributed by atoms with E-state index in [1.165, 1.54) is 10.8 Å². The molecule has 1 saturated carbocycles. The fourth-order valence-corrected chi connectivity index (χ4v) is 4.31. The van der Waals surface area contributed by atoms with Crippen LogP contribution in [0.25, 0.3) is 5.52 Å². The van der Waals surface area contributed by atoms with Gasteiger partial charge in [0.15, 0.2) is 17.5 Å². The number of carbonyl (C=O) groups excluding carboxylic acids is 1. The molecule has 0 spiro atoms. The Kier molecular flexibility index (Phi) is 4.01. The van der Waals surface area contributed by atoms with Crippen molar-refractivity contribution in [2.45, 2.75) is 55.4 Å². The Balaban J connectivity index is 1.31. The Morgan fingerprint density at radius 1 is 1.34 bits per heavy atom. The van der Waals surface area contributed by atoms with Crippen LogP contribution in [0.1, 0.15) is 25.5 Å². The fraction of sp³-hybridized carbons (Fsp3) is 0.611. The molecule has 3 aliphatic rings. The zero-order valence-corrected chi connectivity index (χ0v) is 15.7. The summed E-state index contributed by atoms with van der Waals surface area (Å²) in [7, 11) is 0. The maximum atomic E-state index is 12.1. The number of anilines is 1. The maximum absolute atomic E-state index is 12.1. The van der Waals surface area contributed by atoms with Crippen LogP contribution in [0.3, 0.4) is 0 Å². The van der Waals surface area contributed by atoms with Crippen molar-refractivity contribution in [3.8, 4) is 0 Å². The van der Waals surface area contributed by atoms with Crippen LogP contribution >= 0.6 is 0 Å². The van der Waals surface area contributed by atoms with Crippen LogP contribution < -0.4 is 5.73 Å². The number of nitrogens with zero attached hydrogens (tertiary/aromatic N) is 3. The van der Waals surface area contributed by atoms with Gasteiger partial charge in [-0.05, 0) is 19.1 Å². The summed E-state index contributed by atoms with van der Waals surface area (Å²) in [5.74, 6) is 0.281. The predicted octanol–water partition coefficient (Wildman–Crippen LogP) is -0.268. The van der Waals surface area contributed by atoms with Gasteiger partial charge in [0.05, 0.1) is 18.9 Å². The Hall–Kier alpha value is -2.47. The van der Waals surface area contributed by atoms with Gasteiger partial charge in [-0.25, -0.2) is 14.3 Å². The highest BCUT2D eigenvalue weighted by atomic mass is 16.8. The van der Waals surface area contributed by atoms with E-state index in [-0.39, 0.29) is 11.9 Å². The number of aliphatic hydroxyl groups excluding tert-OH is 1. The van der Waals surface area contributed by atoms with E-state index in [4.69, 9.17) is 24.7 Å². The first-order valence-corrected chi connectivity index (χ1v) is 9.47. The molecule has 3 fully saturated rings. The largest absolute Gasteiger partial charge is 0.509 e. The number of fused-ring (bicyclic) bond motifs is 2. The number of aromatic nitrogens is 3. The number of nitrogens with two attached hydrogens (primary N) is 1. The van der Waals surface area contributed by atoms with Crippen molar-refractivity contribution in [1.82, 2.24) is 14.6 Å². The summed E-state index contributed by atoms with van der Waals surface area (Å²) < 4.78 is 23.2. The zero-order valence-electron chi connectivity index (χ0n) is 15.7. The minimum Gasteiger partial charge on any atom is -0.431 e. The van der Waals surface area contributed by atoms with E-state index in [0.717, 1.165) is 0 Å². The second kappa shape index (κ2) is 6.26. The summed E-state index contributed by atoms with van der Waals surface area (Å²) >= 11 is 0. The summed E-state index contributed by atoms with van der Waals surface area (Å²) in [6, 6.07) is 3.41. The van der Waals surface area contributed by atoms with Gasteiger partial charge in [-0.2, -0.15) is 5.10 Å². The standard InChI is InChI=1S/C18H22N4O7/c1-17(11-3-2-10-14(19)20-8-21-22(10)11)15(23)18(25)12(13(18)29-17)28-16(24)27-9-4-6-26-7-5-9/h2-3,8-9,12-13,15,23,25H,4-7H2,1H3,(H2,19,20,21). The molecule has 1 aliphatic carbocycles. The van der Waals surface area contributed by atoms with Gasteiger partial charge in [-0.1, -0.05) is 0 Å². The second-order valence-electron chi connectivity index (χ2n) is 7.81. The van der Waals surface area contributed by atoms with Crippen molar-refractivity contribution in [2.75, 3.05) is 18.9 Å². The molecule has 2 aromatic rings. The fourth-order valence-electron chi connectivity index (χ4n) is 4.31. The highest BCUT2D eigenvalue weighted by molar-refractivity contribution is 5.66. The second-order valence-corrected chi connectivity index (χ2v) is 7.81. The van der Waals surface area contributed by atoms with Crippen LogP contribution in [0.5, 0.6) is 0 Å². The highest BCUT2D eigenvalue weighted by Crippen LogP contribution is 2.59. The van der Waals surface area contributed by atoms with Crippen LogP contribution in [0, 0.1) is 0 Å². The summed E-state index contributed by atoms with van der Waals surface area (Å²) in [5.41, 5.74) is 3.90. The average Bonchev–Trinajstić information content (AvgIpc) is 3.01. The molecule has 0 radical (unpaired) electrons. The molecule has 156 valence electrons. The number of carbonyl (C=O) groups is 1. The number of rotatable bonds is 3. The first kappa shape index (κ1) is 18.6. The number of ether oxygens (including phenoxy) is 4. The smallest absolute Gasteiger partial charge is 0.431 e. The molecular weight excluding hydrogens is 384 g/mol. The summed E-state index contributed by atoms with van der Waals surface area (Å²) in [6.45, 7) is 2.68. The molecule has 2 saturated heterocycles. The molecule has 5 atom stereocenters. The lowest BCUT2D eigenvalue weighted by Gasteiger charge is -2.32. The van der Waals surface area contributed by atoms with E-state index in [2.05, 4.69) is 10.1 Å². The van der Waals surface area contributed by atoms with Crippen molar-refractivity contribution in [1.29, 1.82) is 0 Å². The number of hydrogen-bond acceptors (Lipinski definition) is 10. The van der Waals surface area contributed by atoms with Crippen LogP contribution in [0.4, 0.5) is 10.6 Å². The quantitative estimate of drug-likeness (QED) is 0.581. The van der Waals surface area contributed by atoms with Crippen LogP contribution in [-0.2, 0) is 24.5 Å². The van der Waals surface area contributed by atoms with Gasteiger partial charge in [-0.3, -0.25) is 0 Å². The van der Waals surface area contributed by atoms with E-state index >= 15 is 0 Å². The Labute approximate surface area is 165 Å². The normalized spacial score (nSPS) is 36.7. The van der Waals surface area contributed by atoms with Crippen LogP contribution in [-0.4, -0.2) is 74.2 Å². The highest BCUT2D eigenvalue weighted by Gasteiger charge is 2.82. The van der Waals surface area contributed by atoms with Crippen LogP contribution in [0.15, 0.2) is 18.5 Å². The van der Waals surface area contributed by atoms with E-state index in [1.54, 1.807) is 19.1 Å². The van der Waals surface area contributed by atoms with E-state index in [9.17, 15) is 15.0 Å². The predicted molar refractivity (Wildman–Crippen MR) is 95.8 cm³/mol. The van der Waals surface area contributed by atoms with E-state index in [0.29, 0.717) is 37.3 Å². The molecule has 29 heavy (non-hydrogen) atoms. The average molecular weight is 406 g/mol. The molecule has 2 aromatic heterocycles. The third kappa shape index (κ3) is 2.61. The molecule has 4 N–H and O–H groups in total. The molecule has 0 bridgehead atoms. The first-order valence-electron chi connectivity index (χ1n) is 9.47. The Morgan fingerprint density at radius 3 is 2.79 bits per heavy atom. The molecule has 0 aromatic carbocycles. The van der Waals surface area contributed by atoms with Gasteiger partial charge in [-0.15, -0.1) is 0 Å². The van der Waals surface area contributed by atoms with E-state index in [1.807, 2.05) is 0 Å².